The van der Waals surface area contributed by atoms with Crippen LogP contribution in [0.2, 0.25) is 0 Å². The van der Waals surface area contributed by atoms with Gasteiger partial charge in [-0.2, -0.15) is 0 Å². The van der Waals surface area contributed by atoms with Crippen LogP contribution in [0.25, 0.3) is 0 Å². The van der Waals surface area contributed by atoms with Crippen molar-refractivity contribution in [1.29, 1.82) is 0 Å². The Morgan fingerprint density at radius 1 is 1.44 bits per heavy atom. The van der Waals surface area contributed by atoms with E-state index in [0.29, 0.717) is 18.0 Å². The van der Waals surface area contributed by atoms with Crippen molar-refractivity contribution in [1.82, 2.24) is 4.72 Å². The molecule has 0 aromatic heterocycles. The molecule has 0 fully saturated rings. The predicted octanol–water partition coefficient (Wildman–Crippen LogP) is 0.704. The van der Waals surface area contributed by atoms with Gasteiger partial charge in [0, 0.05) is 6.54 Å². The third-order valence-corrected chi connectivity index (χ3v) is 4.07. The number of ether oxygens (including phenoxy) is 1. The van der Waals surface area contributed by atoms with Gasteiger partial charge in [0.15, 0.2) is 6.10 Å². The smallest absolute Gasteiger partial charge is 0.265 e. The summed E-state index contributed by atoms with van der Waals surface area (Å²) in [4.78, 5) is 11.5. The Bertz CT molecular complexity index is 583. The van der Waals surface area contributed by atoms with Crippen molar-refractivity contribution >= 4 is 21.6 Å². The van der Waals surface area contributed by atoms with E-state index in [0.717, 1.165) is 0 Å². The highest BCUT2D eigenvalue weighted by Crippen LogP contribution is 2.31. The normalized spacial score (nSPS) is 18.8. The molecule has 0 saturated heterocycles. The molecule has 1 aromatic carbocycles. The van der Waals surface area contributed by atoms with Gasteiger partial charge in [-0.25, -0.2) is 13.1 Å². The number of sulfonamides is 1. The van der Waals surface area contributed by atoms with Crippen LogP contribution in [0.3, 0.4) is 0 Å². The number of nitrogens with one attached hydrogen (secondary N) is 2. The van der Waals surface area contributed by atoms with Gasteiger partial charge >= 0.3 is 0 Å². The van der Waals surface area contributed by atoms with E-state index in [-0.39, 0.29) is 10.8 Å². The summed E-state index contributed by atoms with van der Waals surface area (Å²) >= 11 is 0. The molecule has 1 aliphatic heterocycles. The molecule has 0 bridgehead atoms. The molecule has 98 valence electrons. The van der Waals surface area contributed by atoms with Gasteiger partial charge < -0.3 is 10.1 Å². The quantitative estimate of drug-likeness (QED) is 0.847. The number of hydrogen-bond acceptors (Lipinski definition) is 4. The predicted molar refractivity (Wildman–Crippen MR) is 66.0 cm³/mol. The van der Waals surface area contributed by atoms with Crippen molar-refractivity contribution in [2.45, 2.75) is 24.8 Å². The average molecular weight is 270 g/mol. The van der Waals surface area contributed by atoms with Crippen molar-refractivity contribution in [3.8, 4) is 5.75 Å². The van der Waals surface area contributed by atoms with E-state index >= 15 is 0 Å². The Balaban J connectivity index is 2.39. The number of carbonyl (C=O) groups excluding carboxylic acids is 1. The third-order valence-electron chi connectivity index (χ3n) is 2.53. The largest absolute Gasteiger partial charge is 0.479 e. The zero-order chi connectivity index (χ0) is 13.3. The fourth-order valence-electron chi connectivity index (χ4n) is 1.63. The van der Waals surface area contributed by atoms with Crippen molar-refractivity contribution in [2.75, 3.05) is 11.9 Å². The van der Waals surface area contributed by atoms with Crippen LogP contribution in [0.1, 0.15) is 13.8 Å². The Labute approximate surface area is 105 Å². The zero-order valence-corrected chi connectivity index (χ0v) is 10.9. The number of amides is 1. The fourth-order valence-corrected chi connectivity index (χ4v) is 2.70. The molecule has 1 aliphatic rings. The molecule has 0 aliphatic carbocycles. The summed E-state index contributed by atoms with van der Waals surface area (Å²) in [6, 6.07) is 4.37. The van der Waals surface area contributed by atoms with Gasteiger partial charge in [0.25, 0.3) is 5.91 Å². The minimum Gasteiger partial charge on any atom is -0.479 e. The van der Waals surface area contributed by atoms with Crippen molar-refractivity contribution in [3.05, 3.63) is 18.2 Å². The highest BCUT2D eigenvalue weighted by molar-refractivity contribution is 7.89. The second-order valence-corrected chi connectivity index (χ2v) is 5.68. The molecule has 7 heteroatoms. The third kappa shape index (κ3) is 2.32. The van der Waals surface area contributed by atoms with Crippen LogP contribution in [0.5, 0.6) is 5.75 Å². The first-order valence-corrected chi connectivity index (χ1v) is 7.03. The van der Waals surface area contributed by atoms with Gasteiger partial charge in [0.1, 0.15) is 5.75 Å². The lowest BCUT2D eigenvalue weighted by Gasteiger charge is -2.23. The van der Waals surface area contributed by atoms with Crippen molar-refractivity contribution < 1.29 is 17.9 Å². The number of anilines is 1. The molecule has 1 atom stereocenters. The molecule has 6 nitrogen and oxygen atoms in total. The number of benzene rings is 1. The van der Waals surface area contributed by atoms with Crippen LogP contribution in [0.4, 0.5) is 5.69 Å². The Kier molecular flexibility index (Phi) is 3.27. The van der Waals surface area contributed by atoms with Crippen molar-refractivity contribution in [2.24, 2.45) is 0 Å². The Morgan fingerprint density at radius 3 is 2.83 bits per heavy atom. The monoisotopic (exact) mass is 270 g/mol. The molecule has 0 spiro atoms. The first kappa shape index (κ1) is 12.8. The zero-order valence-electron chi connectivity index (χ0n) is 10.1. The SMILES string of the molecule is CCNS(=O)(=O)c1ccc2c(c1)NC(=O)C(C)O2. The number of rotatable bonds is 3. The van der Waals surface area contributed by atoms with Gasteiger partial charge in [0.05, 0.1) is 10.6 Å². The number of carbonyl (C=O) groups is 1. The summed E-state index contributed by atoms with van der Waals surface area (Å²) in [5, 5.41) is 2.61. The molecule has 1 aromatic rings. The molecular formula is C11H14N2O4S. The van der Waals surface area contributed by atoms with Crippen LogP contribution in [0.15, 0.2) is 23.1 Å². The fraction of sp³-hybridized carbons (Fsp3) is 0.364. The minimum atomic E-state index is -3.53. The van der Waals surface area contributed by atoms with Gasteiger partial charge in [0.2, 0.25) is 10.0 Å². The van der Waals surface area contributed by atoms with E-state index in [9.17, 15) is 13.2 Å². The van der Waals surface area contributed by atoms with E-state index in [1.807, 2.05) is 0 Å². The van der Waals surface area contributed by atoms with Gasteiger partial charge in [-0.1, -0.05) is 6.92 Å². The standard InChI is InChI=1S/C11H14N2O4S/c1-3-12-18(15,16)8-4-5-10-9(6-8)13-11(14)7(2)17-10/h4-7,12H,3H2,1-2H3,(H,13,14). The van der Waals surface area contributed by atoms with Gasteiger partial charge in [-0.05, 0) is 25.1 Å². The van der Waals surface area contributed by atoms with Crippen LogP contribution in [0, 0.1) is 0 Å². The second-order valence-electron chi connectivity index (χ2n) is 3.91. The summed E-state index contributed by atoms with van der Waals surface area (Å²) in [5.74, 6) is 0.179. The molecular weight excluding hydrogens is 256 g/mol. The highest BCUT2D eigenvalue weighted by Gasteiger charge is 2.25. The van der Waals surface area contributed by atoms with Crippen LogP contribution < -0.4 is 14.8 Å². The molecule has 1 amide bonds. The lowest BCUT2D eigenvalue weighted by atomic mass is 10.2. The maximum Gasteiger partial charge on any atom is 0.265 e. The van der Waals surface area contributed by atoms with Crippen LogP contribution in [-0.4, -0.2) is 27.0 Å². The van der Waals surface area contributed by atoms with E-state index in [4.69, 9.17) is 4.74 Å². The average Bonchev–Trinajstić information content (AvgIpc) is 2.30. The van der Waals surface area contributed by atoms with E-state index < -0.39 is 16.1 Å². The van der Waals surface area contributed by atoms with Crippen LogP contribution in [-0.2, 0) is 14.8 Å². The molecule has 1 unspecified atom stereocenters. The van der Waals surface area contributed by atoms with E-state index in [1.165, 1.54) is 18.2 Å². The Hall–Kier alpha value is -1.60. The minimum absolute atomic E-state index is 0.0987. The van der Waals surface area contributed by atoms with E-state index in [2.05, 4.69) is 10.0 Å². The van der Waals surface area contributed by atoms with E-state index in [1.54, 1.807) is 13.8 Å². The van der Waals surface area contributed by atoms with Gasteiger partial charge in [-0.15, -0.1) is 0 Å². The van der Waals surface area contributed by atoms with Crippen LogP contribution >= 0.6 is 0 Å². The lowest BCUT2D eigenvalue weighted by molar-refractivity contribution is -0.122. The molecule has 0 saturated carbocycles. The lowest BCUT2D eigenvalue weighted by Crippen LogP contribution is -2.34. The summed E-state index contributed by atoms with van der Waals surface area (Å²) in [6.45, 7) is 3.63. The summed E-state index contributed by atoms with van der Waals surface area (Å²) in [7, 11) is -3.53. The maximum absolute atomic E-state index is 11.8. The number of hydrogen-bond donors (Lipinski definition) is 2. The Morgan fingerprint density at radius 2 is 2.17 bits per heavy atom. The second kappa shape index (κ2) is 4.58. The van der Waals surface area contributed by atoms with Gasteiger partial charge in [-0.3, -0.25) is 4.79 Å². The summed E-state index contributed by atoms with van der Waals surface area (Å²) < 4.78 is 31.3. The molecule has 1 heterocycles. The highest BCUT2D eigenvalue weighted by atomic mass is 32.2. The molecule has 18 heavy (non-hydrogen) atoms. The topological polar surface area (TPSA) is 84.5 Å². The van der Waals surface area contributed by atoms with Crippen molar-refractivity contribution in [3.63, 3.8) is 0 Å². The first-order chi connectivity index (χ1) is 8.44. The molecule has 2 rings (SSSR count). The summed E-state index contributed by atoms with van der Waals surface area (Å²) in [5.41, 5.74) is 0.372. The summed E-state index contributed by atoms with van der Waals surface area (Å²) in [6.07, 6.45) is -0.575. The number of fused-ring (bicyclic) bond motifs is 1. The molecule has 2 N–H and O–H groups in total. The maximum atomic E-state index is 11.8. The first-order valence-electron chi connectivity index (χ1n) is 5.55. The molecule has 0 radical (unpaired) electrons.